The van der Waals surface area contributed by atoms with Gasteiger partial charge in [-0.05, 0) is 37.8 Å². The van der Waals surface area contributed by atoms with Crippen molar-refractivity contribution in [3.8, 4) is 11.3 Å². The van der Waals surface area contributed by atoms with Crippen LogP contribution in [-0.2, 0) is 0 Å². The SMILES string of the molecule is Cc1cc(-c2cccc3ocnc23)nc2c(C(=O)NC(C3CC3)C(F)(F)F)cnn12. The summed E-state index contributed by atoms with van der Waals surface area (Å²) in [5.41, 5.74) is 3.22. The zero-order valence-corrected chi connectivity index (χ0v) is 15.8. The molecular formula is C20H16F3N5O2. The lowest BCUT2D eigenvalue weighted by atomic mass is 10.1. The van der Waals surface area contributed by atoms with Crippen molar-refractivity contribution in [3.63, 3.8) is 0 Å². The third-order valence-electron chi connectivity index (χ3n) is 5.26. The van der Waals surface area contributed by atoms with Crippen LogP contribution in [0.3, 0.4) is 0 Å². The lowest BCUT2D eigenvalue weighted by molar-refractivity contribution is -0.158. The molecule has 3 aromatic heterocycles. The van der Waals surface area contributed by atoms with Gasteiger partial charge in [0, 0.05) is 11.3 Å². The van der Waals surface area contributed by atoms with E-state index in [1.54, 1.807) is 25.1 Å². The number of aromatic nitrogens is 4. The number of nitrogens with zero attached hydrogens (tertiary/aromatic N) is 4. The summed E-state index contributed by atoms with van der Waals surface area (Å²) in [5.74, 6) is -1.42. The van der Waals surface area contributed by atoms with Crippen LogP contribution in [0.2, 0.25) is 0 Å². The third-order valence-corrected chi connectivity index (χ3v) is 5.26. The summed E-state index contributed by atoms with van der Waals surface area (Å²) >= 11 is 0. The molecule has 3 heterocycles. The van der Waals surface area contributed by atoms with E-state index >= 15 is 0 Å². The molecule has 1 aliphatic rings. The molecule has 0 bridgehead atoms. The highest BCUT2D eigenvalue weighted by Crippen LogP contribution is 2.40. The van der Waals surface area contributed by atoms with Crippen molar-refractivity contribution in [2.75, 3.05) is 0 Å². The summed E-state index contributed by atoms with van der Waals surface area (Å²) in [7, 11) is 0. The molecule has 154 valence electrons. The van der Waals surface area contributed by atoms with Crippen molar-refractivity contribution in [2.24, 2.45) is 5.92 Å². The minimum Gasteiger partial charge on any atom is -0.443 e. The fourth-order valence-electron chi connectivity index (χ4n) is 3.62. The molecule has 1 saturated carbocycles. The van der Waals surface area contributed by atoms with Gasteiger partial charge in [0.1, 0.15) is 17.1 Å². The predicted octanol–water partition coefficient (Wildman–Crippen LogP) is 3.92. The highest BCUT2D eigenvalue weighted by Gasteiger charge is 2.49. The third kappa shape index (κ3) is 3.08. The van der Waals surface area contributed by atoms with Gasteiger partial charge in [-0.25, -0.2) is 14.5 Å². The molecule has 0 aliphatic heterocycles. The number of carbonyl (C=O) groups excluding carboxylic acids is 1. The number of amides is 1. The molecule has 5 rings (SSSR count). The first-order valence-electron chi connectivity index (χ1n) is 9.38. The maximum absolute atomic E-state index is 13.3. The van der Waals surface area contributed by atoms with Gasteiger partial charge in [-0.1, -0.05) is 12.1 Å². The van der Waals surface area contributed by atoms with E-state index in [1.165, 1.54) is 17.1 Å². The van der Waals surface area contributed by atoms with Crippen LogP contribution >= 0.6 is 0 Å². The molecule has 1 aromatic carbocycles. The second-order valence-corrected chi connectivity index (χ2v) is 7.41. The van der Waals surface area contributed by atoms with Crippen LogP contribution in [0.5, 0.6) is 0 Å². The molecule has 0 radical (unpaired) electrons. The zero-order chi connectivity index (χ0) is 21.0. The zero-order valence-electron chi connectivity index (χ0n) is 15.8. The van der Waals surface area contributed by atoms with Crippen LogP contribution in [0.25, 0.3) is 28.0 Å². The average Bonchev–Trinajstić information content (AvgIpc) is 3.23. The largest absolute Gasteiger partial charge is 0.443 e. The Balaban J connectivity index is 1.57. The first kappa shape index (κ1) is 18.6. The average molecular weight is 415 g/mol. The van der Waals surface area contributed by atoms with Crippen molar-refractivity contribution in [1.82, 2.24) is 24.9 Å². The molecule has 0 saturated heterocycles. The molecule has 1 unspecified atom stereocenters. The monoisotopic (exact) mass is 415 g/mol. The predicted molar refractivity (Wildman–Crippen MR) is 101 cm³/mol. The topological polar surface area (TPSA) is 85.3 Å². The molecule has 4 aromatic rings. The van der Waals surface area contributed by atoms with Crippen LogP contribution in [0.4, 0.5) is 13.2 Å². The Kier molecular flexibility index (Phi) is 4.05. The normalized spacial score (nSPS) is 15.6. The Labute approximate surface area is 167 Å². The number of fused-ring (bicyclic) bond motifs is 2. The number of oxazole rings is 1. The van der Waals surface area contributed by atoms with E-state index in [0.717, 1.165) is 0 Å². The van der Waals surface area contributed by atoms with Gasteiger partial charge < -0.3 is 9.73 Å². The van der Waals surface area contributed by atoms with E-state index < -0.39 is 24.0 Å². The number of rotatable bonds is 4. The summed E-state index contributed by atoms with van der Waals surface area (Å²) in [5, 5.41) is 6.27. The first-order valence-corrected chi connectivity index (χ1v) is 9.38. The second kappa shape index (κ2) is 6.54. The summed E-state index contributed by atoms with van der Waals surface area (Å²) in [6.45, 7) is 1.78. The fourth-order valence-corrected chi connectivity index (χ4v) is 3.62. The summed E-state index contributed by atoms with van der Waals surface area (Å²) in [6.07, 6.45) is -1.04. The Bertz CT molecular complexity index is 1270. The van der Waals surface area contributed by atoms with Gasteiger partial charge >= 0.3 is 6.18 Å². The van der Waals surface area contributed by atoms with E-state index in [0.29, 0.717) is 40.9 Å². The second-order valence-electron chi connectivity index (χ2n) is 7.41. The number of nitrogens with one attached hydrogen (secondary N) is 1. The maximum atomic E-state index is 13.3. The summed E-state index contributed by atoms with van der Waals surface area (Å²) in [6, 6.07) is 5.27. The fraction of sp³-hybridized carbons (Fsp3) is 0.300. The Morgan fingerprint density at radius 3 is 2.87 bits per heavy atom. The molecular weight excluding hydrogens is 399 g/mol. The summed E-state index contributed by atoms with van der Waals surface area (Å²) in [4.78, 5) is 21.4. The van der Waals surface area contributed by atoms with E-state index in [-0.39, 0.29) is 11.2 Å². The quantitative estimate of drug-likeness (QED) is 0.546. The van der Waals surface area contributed by atoms with Gasteiger partial charge in [0.2, 0.25) is 0 Å². The van der Waals surface area contributed by atoms with Gasteiger partial charge in [-0.3, -0.25) is 4.79 Å². The molecule has 1 amide bonds. The van der Waals surface area contributed by atoms with Gasteiger partial charge in [0.15, 0.2) is 17.6 Å². The van der Waals surface area contributed by atoms with Crippen molar-refractivity contribution in [1.29, 1.82) is 0 Å². The van der Waals surface area contributed by atoms with Gasteiger partial charge in [0.25, 0.3) is 5.91 Å². The van der Waals surface area contributed by atoms with Gasteiger partial charge in [-0.15, -0.1) is 0 Å². The Hall–Kier alpha value is -3.43. The summed E-state index contributed by atoms with van der Waals surface area (Å²) < 4.78 is 46.7. The van der Waals surface area contributed by atoms with Crippen LogP contribution in [0.1, 0.15) is 28.9 Å². The number of carbonyl (C=O) groups is 1. The molecule has 0 spiro atoms. The standard InChI is InChI=1S/C20H16F3N5O2/c1-10-7-14(12-3-2-4-15-16(12)24-9-30-15)26-18-13(8-25-28(10)18)19(29)27-17(11-5-6-11)20(21,22)23/h2-4,7-9,11,17H,5-6H2,1H3,(H,27,29). The van der Waals surface area contributed by atoms with Gasteiger partial charge in [-0.2, -0.15) is 18.3 Å². The molecule has 1 atom stereocenters. The van der Waals surface area contributed by atoms with Crippen LogP contribution < -0.4 is 5.32 Å². The minimum absolute atomic E-state index is 0.0119. The Morgan fingerprint density at radius 1 is 1.33 bits per heavy atom. The van der Waals surface area contributed by atoms with Crippen molar-refractivity contribution >= 4 is 22.7 Å². The number of alkyl halides is 3. The number of benzene rings is 1. The van der Waals surface area contributed by atoms with E-state index in [1.807, 2.05) is 6.07 Å². The van der Waals surface area contributed by atoms with Crippen LogP contribution in [-0.4, -0.2) is 37.7 Å². The lowest BCUT2D eigenvalue weighted by Gasteiger charge is -2.20. The molecule has 1 aliphatic carbocycles. The van der Waals surface area contributed by atoms with Crippen molar-refractivity contribution < 1.29 is 22.4 Å². The minimum atomic E-state index is -4.50. The van der Waals surface area contributed by atoms with Gasteiger partial charge in [0.05, 0.1) is 11.9 Å². The molecule has 7 nitrogen and oxygen atoms in total. The smallest absolute Gasteiger partial charge is 0.408 e. The van der Waals surface area contributed by atoms with E-state index in [9.17, 15) is 18.0 Å². The molecule has 1 N–H and O–H groups in total. The highest BCUT2D eigenvalue weighted by atomic mass is 19.4. The molecule has 30 heavy (non-hydrogen) atoms. The van der Waals surface area contributed by atoms with Crippen molar-refractivity contribution in [3.05, 3.63) is 48.1 Å². The lowest BCUT2D eigenvalue weighted by Crippen LogP contribution is -2.46. The van der Waals surface area contributed by atoms with E-state index in [4.69, 9.17) is 4.42 Å². The number of hydrogen-bond acceptors (Lipinski definition) is 5. The number of halogens is 3. The number of para-hydroxylation sites is 1. The first-order chi connectivity index (χ1) is 14.3. The maximum Gasteiger partial charge on any atom is 0.408 e. The van der Waals surface area contributed by atoms with Crippen molar-refractivity contribution in [2.45, 2.75) is 32.0 Å². The Morgan fingerprint density at radius 2 is 2.13 bits per heavy atom. The number of aryl methyl sites for hydroxylation is 1. The molecule has 10 heteroatoms. The highest BCUT2D eigenvalue weighted by molar-refractivity contribution is 6.00. The van der Waals surface area contributed by atoms with Crippen LogP contribution in [0, 0.1) is 12.8 Å². The van der Waals surface area contributed by atoms with E-state index in [2.05, 4.69) is 20.4 Å². The number of hydrogen-bond donors (Lipinski definition) is 1. The van der Waals surface area contributed by atoms with Crippen LogP contribution in [0.15, 0.2) is 41.3 Å². The molecule has 1 fully saturated rings.